The first-order valence-electron chi connectivity index (χ1n) is 3.63. The van der Waals surface area contributed by atoms with Gasteiger partial charge in [0, 0.05) is 5.69 Å². The Bertz CT molecular complexity index is 477. The maximum Gasteiger partial charge on any atom is 0.242 e. The smallest absolute Gasteiger partial charge is 0.242 e. The average Bonchev–Trinajstić information content (AvgIpc) is 2.51. The zero-order valence-electron chi connectivity index (χ0n) is 7.04. The number of rotatable bonds is 1. The monoisotopic (exact) mass is 229 g/mol. The van der Waals surface area contributed by atoms with Crippen LogP contribution in [0.3, 0.4) is 0 Å². The first-order chi connectivity index (χ1) is 6.27. The van der Waals surface area contributed by atoms with Gasteiger partial charge in [0.25, 0.3) is 0 Å². The number of nitrogens with one attached hydrogen (secondary N) is 1. The van der Waals surface area contributed by atoms with Crippen LogP contribution in [0.2, 0.25) is 0 Å². The molecule has 3 N–H and O–H groups in total. The second-order valence-electron chi connectivity index (χ2n) is 2.51. The number of tetrazole rings is 1. The summed E-state index contributed by atoms with van der Waals surface area (Å²) >= 11 is 4.93. The molecule has 2 rings (SSSR count). The Kier molecular flexibility index (Phi) is 3.21. The predicted octanol–water partition coefficient (Wildman–Crippen LogP) is 1.33. The Morgan fingerprint density at radius 3 is 2.79 bits per heavy atom. The molecule has 0 amide bonds. The zero-order valence-corrected chi connectivity index (χ0v) is 8.68. The SMILES string of the molecule is Cl.Nc1cccc(-n2[nH]nnc2=S)c1. The lowest BCUT2D eigenvalue weighted by Gasteiger charge is -2.00. The van der Waals surface area contributed by atoms with E-state index in [0.717, 1.165) is 5.69 Å². The van der Waals surface area contributed by atoms with E-state index in [-0.39, 0.29) is 12.4 Å². The lowest BCUT2D eigenvalue weighted by molar-refractivity contribution is 0.786. The van der Waals surface area contributed by atoms with Gasteiger partial charge in [-0.1, -0.05) is 16.4 Å². The maximum atomic E-state index is 5.61. The minimum absolute atomic E-state index is 0. The second kappa shape index (κ2) is 4.21. The molecule has 0 saturated heterocycles. The molecule has 5 nitrogen and oxygen atoms in total. The van der Waals surface area contributed by atoms with Gasteiger partial charge in [0.2, 0.25) is 4.77 Å². The van der Waals surface area contributed by atoms with Crippen LogP contribution in [0.4, 0.5) is 5.69 Å². The number of hydrogen-bond donors (Lipinski definition) is 2. The molecular weight excluding hydrogens is 222 g/mol. The van der Waals surface area contributed by atoms with Crippen LogP contribution in [-0.4, -0.2) is 20.2 Å². The molecule has 0 aliphatic rings. The molecule has 0 unspecified atom stereocenters. The van der Waals surface area contributed by atoms with Gasteiger partial charge >= 0.3 is 0 Å². The Morgan fingerprint density at radius 1 is 1.43 bits per heavy atom. The van der Waals surface area contributed by atoms with Crippen molar-refractivity contribution in [3.05, 3.63) is 29.0 Å². The molecule has 0 fully saturated rings. The number of nitrogens with two attached hydrogens (primary N) is 1. The van der Waals surface area contributed by atoms with E-state index in [1.165, 1.54) is 0 Å². The summed E-state index contributed by atoms with van der Waals surface area (Å²) in [6.45, 7) is 0. The molecule has 14 heavy (non-hydrogen) atoms. The van der Waals surface area contributed by atoms with Crippen molar-refractivity contribution in [3.8, 4) is 5.69 Å². The quantitative estimate of drug-likeness (QED) is 0.572. The number of aromatic nitrogens is 4. The van der Waals surface area contributed by atoms with Crippen LogP contribution in [0.5, 0.6) is 0 Å². The van der Waals surface area contributed by atoms with Crippen LogP contribution in [0.1, 0.15) is 0 Å². The summed E-state index contributed by atoms with van der Waals surface area (Å²) < 4.78 is 1.96. The number of nitrogens with zero attached hydrogens (tertiary/aromatic N) is 3. The van der Waals surface area contributed by atoms with Gasteiger partial charge in [0.15, 0.2) is 0 Å². The van der Waals surface area contributed by atoms with Gasteiger partial charge in [0.05, 0.1) is 5.69 Å². The number of H-pyrrole nitrogens is 1. The topological polar surface area (TPSA) is 72.5 Å². The van der Waals surface area contributed by atoms with Crippen molar-refractivity contribution in [2.45, 2.75) is 0 Å². The Balaban J connectivity index is 0.000000980. The van der Waals surface area contributed by atoms with Crippen molar-refractivity contribution in [2.75, 3.05) is 5.73 Å². The molecule has 1 heterocycles. The number of halogens is 1. The van der Waals surface area contributed by atoms with Crippen molar-refractivity contribution >= 4 is 30.3 Å². The summed E-state index contributed by atoms with van der Waals surface area (Å²) in [4.78, 5) is 0. The van der Waals surface area contributed by atoms with Crippen molar-refractivity contribution < 1.29 is 0 Å². The van der Waals surface area contributed by atoms with Gasteiger partial charge in [-0.15, -0.1) is 12.4 Å². The first-order valence-corrected chi connectivity index (χ1v) is 4.04. The van der Waals surface area contributed by atoms with Gasteiger partial charge in [-0.05, 0) is 30.4 Å². The van der Waals surface area contributed by atoms with Gasteiger partial charge in [-0.3, -0.25) is 0 Å². The van der Waals surface area contributed by atoms with Crippen molar-refractivity contribution in [1.29, 1.82) is 0 Å². The fourth-order valence-electron chi connectivity index (χ4n) is 1.03. The maximum absolute atomic E-state index is 5.61. The molecule has 0 radical (unpaired) electrons. The highest BCUT2D eigenvalue weighted by atomic mass is 35.5. The molecule has 0 bridgehead atoms. The van der Waals surface area contributed by atoms with Crippen molar-refractivity contribution in [1.82, 2.24) is 20.2 Å². The third kappa shape index (κ3) is 1.91. The van der Waals surface area contributed by atoms with Crippen LogP contribution in [0.25, 0.3) is 5.69 Å². The summed E-state index contributed by atoms with van der Waals surface area (Å²) in [6.07, 6.45) is 0. The zero-order chi connectivity index (χ0) is 9.26. The average molecular weight is 230 g/mol. The van der Waals surface area contributed by atoms with Gasteiger partial charge in [0.1, 0.15) is 0 Å². The molecule has 0 spiro atoms. The molecule has 0 atom stereocenters. The third-order valence-corrected chi connectivity index (χ3v) is 1.86. The lowest BCUT2D eigenvalue weighted by Crippen LogP contribution is -1.97. The van der Waals surface area contributed by atoms with E-state index in [2.05, 4.69) is 15.5 Å². The van der Waals surface area contributed by atoms with E-state index in [9.17, 15) is 0 Å². The minimum atomic E-state index is 0. The van der Waals surface area contributed by atoms with E-state index < -0.39 is 0 Å². The molecule has 7 heteroatoms. The molecule has 74 valence electrons. The first kappa shape index (κ1) is 10.7. The molecule has 2 aromatic rings. The van der Waals surface area contributed by atoms with Crippen LogP contribution < -0.4 is 5.73 Å². The van der Waals surface area contributed by atoms with Gasteiger partial charge < -0.3 is 5.73 Å². The summed E-state index contributed by atoms with van der Waals surface area (Å²) in [5.74, 6) is 0. The summed E-state index contributed by atoms with van der Waals surface area (Å²) in [5, 5.41) is 9.87. The van der Waals surface area contributed by atoms with E-state index in [1.54, 1.807) is 16.8 Å². The fraction of sp³-hybridized carbons (Fsp3) is 0. The minimum Gasteiger partial charge on any atom is -0.399 e. The number of benzene rings is 1. The highest BCUT2D eigenvalue weighted by Gasteiger charge is 1.98. The molecule has 0 saturated carbocycles. The third-order valence-electron chi connectivity index (χ3n) is 1.60. The summed E-state index contributed by atoms with van der Waals surface area (Å²) in [5.41, 5.74) is 7.12. The molecular formula is C7H8ClN5S. The number of anilines is 1. The van der Waals surface area contributed by atoms with Gasteiger partial charge in [-0.2, -0.15) is 5.21 Å². The molecule has 1 aromatic carbocycles. The highest BCUT2D eigenvalue weighted by molar-refractivity contribution is 7.71. The van der Waals surface area contributed by atoms with Crippen LogP contribution in [0.15, 0.2) is 24.3 Å². The van der Waals surface area contributed by atoms with E-state index in [1.807, 2.05) is 12.1 Å². The second-order valence-corrected chi connectivity index (χ2v) is 2.88. The van der Waals surface area contributed by atoms with E-state index >= 15 is 0 Å². The Labute approximate surface area is 91.3 Å². The van der Waals surface area contributed by atoms with Crippen LogP contribution >= 0.6 is 24.6 Å². The Morgan fingerprint density at radius 2 is 2.21 bits per heavy atom. The fourth-order valence-corrected chi connectivity index (χ4v) is 1.22. The summed E-state index contributed by atoms with van der Waals surface area (Å²) in [7, 11) is 0. The standard InChI is InChI=1S/C7H7N5S.ClH/c8-5-2-1-3-6(4-5)12-7(13)9-10-11-12;/h1-4H,8H2,(H,9,11,13);1H. The van der Waals surface area contributed by atoms with E-state index in [4.69, 9.17) is 18.0 Å². The Hall–Kier alpha value is -1.40. The van der Waals surface area contributed by atoms with Crippen molar-refractivity contribution in [2.24, 2.45) is 0 Å². The summed E-state index contributed by atoms with van der Waals surface area (Å²) in [6, 6.07) is 7.30. The van der Waals surface area contributed by atoms with E-state index in [0.29, 0.717) is 10.5 Å². The van der Waals surface area contributed by atoms with Crippen LogP contribution in [0, 0.1) is 4.77 Å². The number of aromatic amines is 1. The molecule has 1 aromatic heterocycles. The lowest BCUT2D eigenvalue weighted by atomic mass is 10.3. The predicted molar refractivity (Wildman–Crippen MR) is 58.2 cm³/mol. The normalized spacial score (nSPS) is 9.43. The van der Waals surface area contributed by atoms with Gasteiger partial charge in [-0.25, -0.2) is 4.68 Å². The molecule has 0 aliphatic carbocycles. The number of hydrogen-bond acceptors (Lipinski definition) is 4. The van der Waals surface area contributed by atoms with Crippen molar-refractivity contribution in [3.63, 3.8) is 0 Å². The molecule has 0 aliphatic heterocycles. The van der Waals surface area contributed by atoms with Crippen LogP contribution in [-0.2, 0) is 0 Å². The number of nitrogen functional groups attached to an aromatic ring is 1. The largest absolute Gasteiger partial charge is 0.399 e. The highest BCUT2D eigenvalue weighted by Crippen LogP contribution is 2.09.